The molecule has 1 atom stereocenters. The Balaban J connectivity index is 1.98. The van der Waals surface area contributed by atoms with E-state index in [-0.39, 0.29) is 11.8 Å². The predicted octanol–water partition coefficient (Wildman–Crippen LogP) is 0.0705. The fourth-order valence-electron chi connectivity index (χ4n) is 1.86. The standard InChI is InChI=1S/C9H15NO3/c1-7(11)8-5-9(6-10-8)12-3-2-4-13-9/h8,10H,2-6H2,1H3/t8-/m0/s1. The number of nitrogens with one attached hydrogen (secondary N) is 1. The molecule has 2 aliphatic heterocycles. The van der Waals surface area contributed by atoms with Crippen molar-refractivity contribution in [2.75, 3.05) is 19.8 Å². The molecule has 0 bridgehead atoms. The van der Waals surface area contributed by atoms with Crippen LogP contribution in [0.5, 0.6) is 0 Å². The monoisotopic (exact) mass is 185 g/mol. The van der Waals surface area contributed by atoms with Gasteiger partial charge in [-0.1, -0.05) is 0 Å². The zero-order valence-corrected chi connectivity index (χ0v) is 7.84. The second kappa shape index (κ2) is 3.36. The summed E-state index contributed by atoms with van der Waals surface area (Å²) in [5.41, 5.74) is 0. The Morgan fingerprint density at radius 3 is 2.69 bits per heavy atom. The van der Waals surface area contributed by atoms with Crippen LogP contribution in [-0.4, -0.2) is 37.4 Å². The van der Waals surface area contributed by atoms with Crippen LogP contribution in [0.25, 0.3) is 0 Å². The molecule has 74 valence electrons. The van der Waals surface area contributed by atoms with Crippen LogP contribution in [0, 0.1) is 0 Å². The van der Waals surface area contributed by atoms with Crippen LogP contribution in [0.1, 0.15) is 19.8 Å². The molecule has 2 aliphatic rings. The number of ketones is 1. The van der Waals surface area contributed by atoms with Crippen LogP contribution in [0.15, 0.2) is 0 Å². The second-order valence-electron chi connectivity index (χ2n) is 3.71. The van der Waals surface area contributed by atoms with E-state index in [2.05, 4.69) is 5.32 Å². The van der Waals surface area contributed by atoms with Gasteiger partial charge in [-0.15, -0.1) is 0 Å². The normalized spacial score (nSPS) is 32.2. The first-order chi connectivity index (χ1) is 6.22. The van der Waals surface area contributed by atoms with E-state index in [4.69, 9.17) is 9.47 Å². The molecule has 2 rings (SSSR count). The highest BCUT2D eigenvalue weighted by Gasteiger charge is 2.43. The van der Waals surface area contributed by atoms with Crippen molar-refractivity contribution in [1.82, 2.24) is 5.32 Å². The quantitative estimate of drug-likeness (QED) is 0.628. The van der Waals surface area contributed by atoms with Crippen LogP contribution in [0.2, 0.25) is 0 Å². The largest absolute Gasteiger partial charge is 0.348 e. The average Bonchev–Trinajstić information content (AvgIpc) is 2.51. The topological polar surface area (TPSA) is 47.6 Å². The highest BCUT2D eigenvalue weighted by Crippen LogP contribution is 2.28. The summed E-state index contributed by atoms with van der Waals surface area (Å²) in [4.78, 5) is 11.1. The van der Waals surface area contributed by atoms with Gasteiger partial charge in [0.25, 0.3) is 0 Å². The van der Waals surface area contributed by atoms with E-state index in [0.29, 0.717) is 13.0 Å². The van der Waals surface area contributed by atoms with Gasteiger partial charge in [-0.2, -0.15) is 0 Å². The summed E-state index contributed by atoms with van der Waals surface area (Å²) in [5.74, 6) is -0.344. The van der Waals surface area contributed by atoms with Crippen LogP contribution in [0.4, 0.5) is 0 Å². The molecule has 0 aromatic heterocycles. The van der Waals surface area contributed by atoms with Crippen LogP contribution in [0.3, 0.4) is 0 Å². The van der Waals surface area contributed by atoms with E-state index >= 15 is 0 Å². The van der Waals surface area contributed by atoms with Crippen molar-refractivity contribution in [1.29, 1.82) is 0 Å². The Labute approximate surface area is 77.6 Å². The number of carbonyl (C=O) groups is 1. The SMILES string of the molecule is CC(=O)[C@@H]1CC2(CN1)OCCCO2. The molecule has 0 radical (unpaired) electrons. The number of rotatable bonds is 1. The predicted molar refractivity (Wildman–Crippen MR) is 46.3 cm³/mol. The Bertz CT molecular complexity index is 211. The molecule has 2 fully saturated rings. The van der Waals surface area contributed by atoms with Gasteiger partial charge in [-0.3, -0.25) is 4.79 Å². The maximum Gasteiger partial charge on any atom is 0.182 e. The first-order valence-electron chi connectivity index (χ1n) is 4.74. The Hall–Kier alpha value is -0.450. The highest BCUT2D eigenvalue weighted by molar-refractivity contribution is 5.81. The third kappa shape index (κ3) is 1.75. The van der Waals surface area contributed by atoms with E-state index in [1.165, 1.54) is 0 Å². The zero-order chi connectivity index (χ0) is 9.31. The lowest BCUT2D eigenvalue weighted by atomic mass is 10.1. The molecule has 0 aliphatic carbocycles. The molecule has 0 aromatic rings. The molecule has 1 spiro atoms. The van der Waals surface area contributed by atoms with Gasteiger partial charge in [-0.05, 0) is 13.3 Å². The number of Topliss-reactive ketones (excluding diaryl/α,β-unsaturated/α-hetero) is 1. The van der Waals surface area contributed by atoms with Gasteiger partial charge in [0, 0.05) is 6.42 Å². The van der Waals surface area contributed by atoms with Crippen LogP contribution < -0.4 is 5.32 Å². The van der Waals surface area contributed by atoms with Crippen molar-refractivity contribution in [2.24, 2.45) is 0 Å². The summed E-state index contributed by atoms with van der Waals surface area (Å²) in [6, 6.07) is -0.0851. The van der Waals surface area contributed by atoms with E-state index in [1.54, 1.807) is 6.92 Å². The lowest BCUT2D eigenvalue weighted by Crippen LogP contribution is -2.42. The minimum atomic E-state index is -0.505. The van der Waals surface area contributed by atoms with Gasteiger partial charge in [0.05, 0.1) is 25.8 Å². The number of hydrogen-bond donors (Lipinski definition) is 1. The fourth-order valence-corrected chi connectivity index (χ4v) is 1.86. The molecule has 13 heavy (non-hydrogen) atoms. The van der Waals surface area contributed by atoms with Crippen molar-refractivity contribution in [2.45, 2.75) is 31.6 Å². The van der Waals surface area contributed by atoms with Crippen LogP contribution >= 0.6 is 0 Å². The van der Waals surface area contributed by atoms with Gasteiger partial charge in [0.2, 0.25) is 0 Å². The van der Waals surface area contributed by atoms with E-state index in [9.17, 15) is 4.79 Å². The van der Waals surface area contributed by atoms with Crippen molar-refractivity contribution >= 4 is 5.78 Å². The van der Waals surface area contributed by atoms with Gasteiger partial charge in [-0.25, -0.2) is 0 Å². The van der Waals surface area contributed by atoms with Crippen molar-refractivity contribution in [3.8, 4) is 0 Å². The molecule has 4 nitrogen and oxygen atoms in total. The average molecular weight is 185 g/mol. The molecule has 4 heteroatoms. The smallest absolute Gasteiger partial charge is 0.182 e. The molecular formula is C9H15NO3. The molecule has 0 unspecified atom stereocenters. The third-order valence-corrected chi connectivity index (χ3v) is 2.64. The maximum atomic E-state index is 11.1. The van der Waals surface area contributed by atoms with Crippen LogP contribution in [-0.2, 0) is 14.3 Å². The zero-order valence-electron chi connectivity index (χ0n) is 7.84. The lowest BCUT2D eigenvalue weighted by molar-refractivity contribution is -0.254. The Morgan fingerprint density at radius 2 is 2.15 bits per heavy atom. The lowest BCUT2D eigenvalue weighted by Gasteiger charge is -2.32. The minimum absolute atomic E-state index is 0.0851. The first-order valence-corrected chi connectivity index (χ1v) is 4.74. The summed E-state index contributed by atoms with van der Waals surface area (Å²) >= 11 is 0. The van der Waals surface area contributed by atoms with E-state index in [0.717, 1.165) is 19.6 Å². The summed E-state index contributed by atoms with van der Waals surface area (Å²) in [5, 5.41) is 3.12. The molecule has 2 heterocycles. The molecule has 0 aromatic carbocycles. The Morgan fingerprint density at radius 1 is 1.46 bits per heavy atom. The second-order valence-corrected chi connectivity index (χ2v) is 3.71. The summed E-state index contributed by atoms with van der Waals surface area (Å²) in [6.45, 7) is 3.72. The van der Waals surface area contributed by atoms with Gasteiger partial charge in [0.1, 0.15) is 5.78 Å². The van der Waals surface area contributed by atoms with Crippen molar-refractivity contribution in [3.63, 3.8) is 0 Å². The molecule has 2 saturated heterocycles. The number of ether oxygens (including phenoxy) is 2. The number of hydrogen-bond acceptors (Lipinski definition) is 4. The van der Waals surface area contributed by atoms with Gasteiger partial charge >= 0.3 is 0 Å². The highest BCUT2D eigenvalue weighted by atomic mass is 16.7. The summed E-state index contributed by atoms with van der Waals surface area (Å²) in [7, 11) is 0. The molecule has 0 saturated carbocycles. The fraction of sp³-hybridized carbons (Fsp3) is 0.889. The molecular weight excluding hydrogens is 170 g/mol. The van der Waals surface area contributed by atoms with Crippen molar-refractivity contribution < 1.29 is 14.3 Å². The van der Waals surface area contributed by atoms with Gasteiger partial charge in [0.15, 0.2) is 5.79 Å². The van der Waals surface area contributed by atoms with Gasteiger partial charge < -0.3 is 14.8 Å². The number of carbonyl (C=O) groups excluding carboxylic acids is 1. The van der Waals surface area contributed by atoms with E-state index in [1.807, 2.05) is 0 Å². The molecule has 1 N–H and O–H groups in total. The van der Waals surface area contributed by atoms with E-state index < -0.39 is 5.79 Å². The first kappa shape index (κ1) is 9.12. The van der Waals surface area contributed by atoms with Crippen molar-refractivity contribution in [3.05, 3.63) is 0 Å². The summed E-state index contributed by atoms with van der Waals surface area (Å²) < 4.78 is 11.1. The maximum absolute atomic E-state index is 11.1. The Kier molecular flexibility index (Phi) is 2.36. The third-order valence-electron chi connectivity index (χ3n) is 2.64. The summed E-state index contributed by atoms with van der Waals surface area (Å²) in [6.07, 6.45) is 1.61. The minimum Gasteiger partial charge on any atom is -0.348 e. The molecule has 0 amide bonds.